The molecule has 0 amide bonds. The van der Waals surface area contributed by atoms with Crippen LogP contribution in [0.1, 0.15) is 21.7 Å². The average Bonchev–Trinajstić information content (AvgIpc) is 3.32. The lowest BCUT2D eigenvalue weighted by atomic mass is 10.1. The number of thioether (sulfide) groups is 1. The maximum absolute atomic E-state index is 13.4. The topological polar surface area (TPSA) is 60.9 Å². The highest BCUT2D eigenvalue weighted by Crippen LogP contribution is 2.28. The van der Waals surface area contributed by atoms with Gasteiger partial charge in [-0.05, 0) is 30.7 Å². The van der Waals surface area contributed by atoms with Crippen molar-refractivity contribution >= 4 is 17.5 Å². The van der Waals surface area contributed by atoms with Crippen LogP contribution >= 0.6 is 11.8 Å². The second-order valence-electron chi connectivity index (χ2n) is 6.49. The Kier molecular flexibility index (Phi) is 5.57. The van der Waals surface area contributed by atoms with Gasteiger partial charge in [0.15, 0.2) is 16.8 Å². The molecule has 0 saturated carbocycles. The molecule has 0 aliphatic heterocycles. The Morgan fingerprint density at radius 3 is 2.66 bits per heavy atom. The number of halogens is 1. The minimum atomic E-state index is -0.425. The van der Waals surface area contributed by atoms with Gasteiger partial charge in [-0.1, -0.05) is 54.2 Å². The zero-order valence-corrected chi connectivity index (χ0v) is 16.5. The third kappa shape index (κ3) is 4.30. The molecule has 0 aliphatic carbocycles. The second kappa shape index (κ2) is 8.45. The maximum atomic E-state index is 13.4. The van der Waals surface area contributed by atoms with Crippen LogP contribution in [-0.4, -0.2) is 26.3 Å². The Morgan fingerprint density at radius 1 is 1.10 bits per heavy atom. The predicted molar refractivity (Wildman–Crippen MR) is 109 cm³/mol. The highest BCUT2D eigenvalue weighted by molar-refractivity contribution is 7.99. The van der Waals surface area contributed by atoms with Crippen LogP contribution < -0.4 is 0 Å². The summed E-state index contributed by atoms with van der Waals surface area (Å²) in [7, 11) is 0. The van der Waals surface area contributed by atoms with Crippen molar-refractivity contribution in [3.63, 3.8) is 0 Å². The molecule has 4 rings (SSSR count). The number of carbonyl (C=O) groups is 1. The standard InChI is InChI=1S/C22H18FN3O2S/c1-15-19(10-11-28-15)21-24-25-22(26(21)13-16-6-3-2-4-7-16)29-14-20(27)17-8-5-9-18(23)12-17/h2-12H,13-14H2,1H3. The van der Waals surface area contributed by atoms with Crippen molar-refractivity contribution in [1.29, 1.82) is 0 Å². The predicted octanol–water partition coefficient (Wildman–Crippen LogP) is 5.01. The number of rotatable bonds is 7. The molecule has 0 radical (unpaired) electrons. The van der Waals surface area contributed by atoms with Gasteiger partial charge in [0.05, 0.1) is 24.1 Å². The molecule has 0 fully saturated rings. The third-order valence-electron chi connectivity index (χ3n) is 4.48. The van der Waals surface area contributed by atoms with E-state index in [1.165, 1.54) is 30.0 Å². The molecule has 2 aromatic carbocycles. The van der Waals surface area contributed by atoms with Crippen LogP contribution in [0.5, 0.6) is 0 Å². The molecule has 4 aromatic rings. The van der Waals surface area contributed by atoms with E-state index in [1.807, 2.05) is 47.9 Å². The van der Waals surface area contributed by atoms with Gasteiger partial charge in [0, 0.05) is 5.56 Å². The largest absolute Gasteiger partial charge is 0.469 e. The van der Waals surface area contributed by atoms with Gasteiger partial charge in [-0.2, -0.15) is 0 Å². The number of Topliss-reactive ketones (excluding diaryl/α,β-unsaturated/α-hetero) is 1. The van der Waals surface area contributed by atoms with Crippen LogP contribution in [0, 0.1) is 12.7 Å². The number of hydrogen-bond acceptors (Lipinski definition) is 5. The number of benzene rings is 2. The van der Waals surface area contributed by atoms with E-state index in [1.54, 1.807) is 12.3 Å². The molecule has 0 unspecified atom stereocenters. The van der Waals surface area contributed by atoms with Gasteiger partial charge >= 0.3 is 0 Å². The van der Waals surface area contributed by atoms with E-state index in [-0.39, 0.29) is 11.5 Å². The molecule has 29 heavy (non-hydrogen) atoms. The lowest BCUT2D eigenvalue weighted by Crippen LogP contribution is -2.07. The summed E-state index contributed by atoms with van der Waals surface area (Å²) in [5.41, 5.74) is 2.29. The number of ketones is 1. The summed E-state index contributed by atoms with van der Waals surface area (Å²) in [5.74, 6) is 0.983. The Morgan fingerprint density at radius 2 is 1.93 bits per heavy atom. The first-order chi connectivity index (χ1) is 14.1. The van der Waals surface area contributed by atoms with Crippen molar-refractivity contribution in [3.8, 4) is 11.4 Å². The summed E-state index contributed by atoms with van der Waals surface area (Å²) in [6.07, 6.45) is 1.62. The molecule has 0 bridgehead atoms. The molecule has 7 heteroatoms. The minimum absolute atomic E-state index is 0.140. The van der Waals surface area contributed by atoms with Crippen molar-refractivity contribution in [2.75, 3.05) is 5.75 Å². The fourth-order valence-electron chi connectivity index (χ4n) is 3.00. The average molecular weight is 407 g/mol. The second-order valence-corrected chi connectivity index (χ2v) is 7.43. The van der Waals surface area contributed by atoms with Crippen LogP contribution in [0.4, 0.5) is 4.39 Å². The van der Waals surface area contributed by atoms with E-state index < -0.39 is 5.82 Å². The Labute approximate surface area is 171 Å². The molecule has 0 spiro atoms. The normalized spacial score (nSPS) is 11.0. The van der Waals surface area contributed by atoms with Crippen LogP contribution in [0.2, 0.25) is 0 Å². The highest BCUT2D eigenvalue weighted by atomic mass is 32.2. The fourth-order valence-corrected chi connectivity index (χ4v) is 3.83. The van der Waals surface area contributed by atoms with Crippen LogP contribution in [-0.2, 0) is 6.54 Å². The Balaban J connectivity index is 1.61. The van der Waals surface area contributed by atoms with Gasteiger partial charge in [0.1, 0.15) is 11.6 Å². The van der Waals surface area contributed by atoms with Gasteiger partial charge in [0.25, 0.3) is 0 Å². The van der Waals surface area contributed by atoms with Gasteiger partial charge in [-0.15, -0.1) is 10.2 Å². The molecular formula is C22H18FN3O2S. The number of hydrogen-bond donors (Lipinski definition) is 0. The van der Waals surface area contributed by atoms with Crippen molar-refractivity contribution in [2.24, 2.45) is 0 Å². The van der Waals surface area contributed by atoms with Crippen molar-refractivity contribution in [1.82, 2.24) is 14.8 Å². The molecule has 0 atom stereocenters. The molecule has 0 N–H and O–H groups in total. The monoisotopic (exact) mass is 407 g/mol. The van der Waals surface area contributed by atoms with E-state index in [0.717, 1.165) is 16.9 Å². The molecule has 0 saturated heterocycles. The van der Waals surface area contributed by atoms with Crippen molar-refractivity contribution < 1.29 is 13.6 Å². The number of aryl methyl sites for hydroxylation is 1. The quantitative estimate of drug-likeness (QED) is 0.318. The molecule has 2 heterocycles. The minimum Gasteiger partial charge on any atom is -0.469 e. The lowest BCUT2D eigenvalue weighted by Gasteiger charge is -2.10. The van der Waals surface area contributed by atoms with E-state index in [9.17, 15) is 9.18 Å². The number of carbonyl (C=O) groups excluding carboxylic acids is 1. The number of furan rings is 1. The number of aromatic nitrogens is 3. The Bertz CT molecular complexity index is 1140. The fraction of sp³-hybridized carbons (Fsp3) is 0.136. The van der Waals surface area contributed by atoms with Crippen molar-refractivity contribution in [3.05, 3.63) is 89.6 Å². The van der Waals surface area contributed by atoms with E-state index in [0.29, 0.717) is 23.1 Å². The van der Waals surface area contributed by atoms with E-state index >= 15 is 0 Å². The molecule has 2 aromatic heterocycles. The molecule has 5 nitrogen and oxygen atoms in total. The van der Waals surface area contributed by atoms with Crippen LogP contribution in [0.3, 0.4) is 0 Å². The zero-order chi connectivity index (χ0) is 20.2. The summed E-state index contributed by atoms with van der Waals surface area (Å²) < 4.78 is 20.8. The smallest absolute Gasteiger partial charge is 0.192 e. The molecule has 0 aliphatic rings. The summed E-state index contributed by atoms with van der Waals surface area (Å²) >= 11 is 1.29. The van der Waals surface area contributed by atoms with Crippen LogP contribution in [0.15, 0.2) is 76.5 Å². The van der Waals surface area contributed by atoms with Gasteiger partial charge in [-0.3, -0.25) is 9.36 Å². The number of nitrogens with zero attached hydrogens (tertiary/aromatic N) is 3. The van der Waals surface area contributed by atoms with E-state index in [4.69, 9.17) is 4.42 Å². The third-order valence-corrected chi connectivity index (χ3v) is 5.45. The maximum Gasteiger partial charge on any atom is 0.192 e. The van der Waals surface area contributed by atoms with Gasteiger partial charge in [0.2, 0.25) is 0 Å². The SMILES string of the molecule is Cc1occc1-c1nnc(SCC(=O)c2cccc(F)c2)n1Cc1ccccc1. The first-order valence-electron chi connectivity index (χ1n) is 9.05. The lowest BCUT2D eigenvalue weighted by molar-refractivity contribution is 0.102. The van der Waals surface area contributed by atoms with Crippen LogP contribution in [0.25, 0.3) is 11.4 Å². The summed E-state index contributed by atoms with van der Waals surface area (Å²) in [4.78, 5) is 12.5. The molecular weight excluding hydrogens is 389 g/mol. The first kappa shape index (κ1) is 19.1. The Hall–Kier alpha value is -3.19. The van der Waals surface area contributed by atoms with Gasteiger partial charge < -0.3 is 4.42 Å². The summed E-state index contributed by atoms with van der Waals surface area (Å²) in [5, 5.41) is 9.26. The van der Waals surface area contributed by atoms with Crippen molar-refractivity contribution in [2.45, 2.75) is 18.6 Å². The summed E-state index contributed by atoms with van der Waals surface area (Å²) in [6.45, 7) is 2.43. The first-order valence-corrected chi connectivity index (χ1v) is 10.0. The zero-order valence-electron chi connectivity index (χ0n) is 15.7. The van der Waals surface area contributed by atoms with E-state index in [2.05, 4.69) is 10.2 Å². The summed E-state index contributed by atoms with van der Waals surface area (Å²) in [6, 6.07) is 17.5. The highest BCUT2D eigenvalue weighted by Gasteiger charge is 2.19. The molecule has 146 valence electrons. The van der Waals surface area contributed by atoms with Gasteiger partial charge in [-0.25, -0.2) is 4.39 Å².